The van der Waals surface area contributed by atoms with Gasteiger partial charge in [0.2, 0.25) is 0 Å². The van der Waals surface area contributed by atoms with E-state index >= 15 is 0 Å². The molecule has 0 amide bonds. The fourth-order valence-electron chi connectivity index (χ4n) is 0.136. The zero-order valence-corrected chi connectivity index (χ0v) is 8.62. The molecule has 0 unspecified atom stereocenters. The second kappa shape index (κ2) is 12.0. The summed E-state index contributed by atoms with van der Waals surface area (Å²) in [5.74, 6) is 4.91. The summed E-state index contributed by atoms with van der Waals surface area (Å²) < 4.78 is 0. The maximum Gasteiger partial charge on any atom is 2.00 e. The van der Waals surface area contributed by atoms with Crippen LogP contribution in [-0.4, -0.2) is 11.9 Å². The number of rotatable bonds is 2. The molecule has 0 aliphatic rings. The van der Waals surface area contributed by atoms with E-state index in [1.54, 1.807) is 0 Å². The Balaban J connectivity index is -0.000000196. The number of hydrazine groups is 1. The third-order valence-electron chi connectivity index (χ3n) is 0.355. The first-order chi connectivity index (χ1) is 4.63. The van der Waals surface area contributed by atoms with Gasteiger partial charge < -0.3 is 19.8 Å². The first kappa shape index (κ1) is 16.7. The molecule has 0 spiro atoms. The van der Waals surface area contributed by atoms with E-state index in [0.717, 1.165) is 0 Å². The van der Waals surface area contributed by atoms with E-state index < -0.39 is 11.9 Å². The molecule has 0 aromatic rings. The van der Waals surface area contributed by atoms with E-state index in [0.29, 0.717) is 12.2 Å². The average Bonchev–Trinajstić information content (AvgIpc) is 1.89. The van der Waals surface area contributed by atoms with Crippen LogP contribution >= 0.6 is 0 Å². The van der Waals surface area contributed by atoms with E-state index in [1.807, 2.05) is 0 Å². The maximum absolute atomic E-state index is 9.41. The van der Waals surface area contributed by atoms with Gasteiger partial charge in [0.05, 0.1) is 11.9 Å². The summed E-state index contributed by atoms with van der Waals surface area (Å²) in [5, 5.41) is 18.8. The summed E-state index contributed by atoms with van der Waals surface area (Å²) in [5.41, 5.74) is 0. The standard InChI is InChI=1S/C4H4O4.H4N2.Zn/c5-3(6)1-2-4(7)8;1-2;/h1-2H,(H,5,6)(H,7,8);1-2H2;/q;;+2/p-2/b2-1-;;. The van der Waals surface area contributed by atoms with Gasteiger partial charge in [0.1, 0.15) is 0 Å². The number of carbonyl (C=O) groups excluding carboxylic acids is 2. The molecule has 4 N–H and O–H groups in total. The van der Waals surface area contributed by atoms with Gasteiger partial charge in [0.15, 0.2) is 0 Å². The van der Waals surface area contributed by atoms with Crippen molar-refractivity contribution in [1.82, 2.24) is 0 Å². The summed E-state index contributed by atoms with van der Waals surface area (Å²) >= 11 is 0. The van der Waals surface area contributed by atoms with Crippen LogP contribution in [0.1, 0.15) is 0 Å². The van der Waals surface area contributed by atoms with E-state index in [1.165, 1.54) is 0 Å². The molecule has 0 heterocycles. The van der Waals surface area contributed by atoms with Crippen LogP contribution in [0.4, 0.5) is 0 Å². The predicted octanol–water partition coefficient (Wildman–Crippen LogP) is -4.14. The van der Waals surface area contributed by atoms with Gasteiger partial charge in [-0.1, -0.05) is 0 Å². The van der Waals surface area contributed by atoms with Crippen LogP contribution in [0.25, 0.3) is 0 Å². The van der Waals surface area contributed by atoms with Crippen molar-refractivity contribution >= 4 is 11.9 Å². The molecule has 0 aliphatic heterocycles. The monoisotopic (exact) mass is 210 g/mol. The largest absolute Gasteiger partial charge is 2.00 e. The number of carbonyl (C=O) groups is 2. The van der Waals surface area contributed by atoms with Gasteiger partial charge in [-0.3, -0.25) is 11.7 Å². The second-order valence-corrected chi connectivity index (χ2v) is 0.971. The van der Waals surface area contributed by atoms with E-state index in [2.05, 4.69) is 11.7 Å². The molecule has 0 bridgehead atoms. The fourth-order valence-corrected chi connectivity index (χ4v) is 0.136. The van der Waals surface area contributed by atoms with Gasteiger partial charge in [-0.05, 0) is 12.2 Å². The smallest absolute Gasteiger partial charge is 0.545 e. The van der Waals surface area contributed by atoms with E-state index in [9.17, 15) is 19.8 Å². The summed E-state index contributed by atoms with van der Waals surface area (Å²) in [7, 11) is 0. The number of hydrogen-bond donors (Lipinski definition) is 2. The Labute approximate surface area is 75.6 Å². The molecule has 0 fully saturated rings. The quantitative estimate of drug-likeness (QED) is 0.206. The minimum atomic E-state index is -1.55. The average molecular weight is 211 g/mol. The number of nitrogens with two attached hydrogens (primary N) is 2. The number of hydrogen-bond acceptors (Lipinski definition) is 6. The van der Waals surface area contributed by atoms with Crippen LogP contribution in [-0.2, 0) is 29.1 Å². The zero-order valence-electron chi connectivity index (χ0n) is 5.65. The molecule has 0 saturated carbocycles. The molecular formula is C4H6N2O4Zn. The molecule has 58 valence electrons. The van der Waals surface area contributed by atoms with E-state index in [4.69, 9.17) is 0 Å². The van der Waals surface area contributed by atoms with Gasteiger partial charge in [-0.2, -0.15) is 0 Å². The molecule has 0 aromatic carbocycles. The Morgan fingerprint density at radius 1 is 1.00 bits per heavy atom. The third-order valence-corrected chi connectivity index (χ3v) is 0.355. The minimum Gasteiger partial charge on any atom is -0.545 e. The van der Waals surface area contributed by atoms with Crippen molar-refractivity contribution < 1.29 is 39.3 Å². The number of carboxylic acids is 2. The van der Waals surface area contributed by atoms with Crippen LogP contribution < -0.4 is 21.9 Å². The van der Waals surface area contributed by atoms with Crippen molar-refractivity contribution in [2.75, 3.05) is 0 Å². The molecule has 0 saturated heterocycles. The Hall–Kier alpha value is -0.777. The molecule has 7 heteroatoms. The first-order valence-electron chi connectivity index (χ1n) is 2.06. The molecule has 0 rings (SSSR count). The van der Waals surface area contributed by atoms with Gasteiger partial charge in [0, 0.05) is 0 Å². The number of carboxylic acid groups (broad SMARTS) is 2. The molecule has 11 heavy (non-hydrogen) atoms. The second-order valence-electron chi connectivity index (χ2n) is 0.971. The van der Waals surface area contributed by atoms with Crippen LogP contribution in [0.15, 0.2) is 12.2 Å². The van der Waals surface area contributed by atoms with Crippen molar-refractivity contribution in [1.29, 1.82) is 0 Å². The first-order valence-corrected chi connectivity index (χ1v) is 2.06. The Morgan fingerprint density at radius 2 is 1.18 bits per heavy atom. The van der Waals surface area contributed by atoms with Crippen molar-refractivity contribution in [2.45, 2.75) is 0 Å². The zero-order chi connectivity index (χ0) is 8.57. The molecule has 6 nitrogen and oxygen atoms in total. The van der Waals surface area contributed by atoms with Crippen LogP contribution in [0, 0.1) is 0 Å². The summed E-state index contributed by atoms with van der Waals surface area (Å²) in [6.45, 7) is 0. The normalized spacial score (nSPS) is 7.45. The van der Waals surface area contributed by atoms with Crippen LogP contribution in [0.2, 0.25) is 0 Å². The Morgan fingerprint density at radius 3 is 1.27 bits per heavy atom. The summed E-state index contributed by atoms with van der Waals surface area (Å²) in [4.78, 5) is 18.8. The summed E-state index contributed by atoms with van der Waals surface area (Å²) in [6.07, 6.45) is 0.769. The number of aliphatic carboxylic acids is 2. The minimum absolute atomic E-state index is 0. The van der Waals surface area contributed by atoms with Gasteiger partial charge in [0.25, 0.3) is 0 Å². The Bertz CT molecular complexity index is 131. The predicted molar refractivity (Wildman–Crippen MR) is 27.5 cm³/mol. The molecule has 0 atom stereocenters. The van der Waals surface area contributed by atoms with Crippen molar-refractivity contribution in [2.24, 2.45) is 11.7 Å². The van der Waals surface area contributed by atoms with Crippen molar-refractivity contribution in [3.63, 3.8) is 0 Å². The molecular weight excluding hydrogens is 205 g/mol. The third kappa shape index (κ3) is 27.0. The molecule has 0 aromatic heterocycles. The topological polar surface area (TPSA) is 132 Å². The maximum atomic E-state index is 9.41. The van der Waals surface area contributed by atoms with Gasteiger partial charge >= 0.3 is 19.5 Å². The van der Waals surface area contributed by atoms with Crippen molar-refractivity contribution in [3.8, 4) is 0 Å². The van der Waals surface area contributed by atoms with Crippen LogP contribution in [0.3, 0.4) is 0 Å². The van der Waals surface area contributed by atoms with Crippen molar-refractivity contribution in [3.05, 3.63) is 12.2 Å². The van der Waals surface area contributed by atoms with Gasteiger partial charge in [-0.25, -0.2) is 0 Å². The molecule has 0 aliphatic carbocycles. The molecule has 0 radical (unpaired) electrons. The van der Waals surface area contributed by atoms with Gasteiger partial charge in [-0.15, -0.1) is 0 Å². The fraction of sp³-hybridized carbons (Fsp3) is 0. The van der Waals surface area contributed by atoms with Crippen LogP contribution in [0.5, 0.6) is 0 Å². The SMILES string of the molecule is NN.O=C([O-])/C=C\C(=O)[O-].[Zn+2]. The Kier molecular flexibility index (Phi) is 18.1. The summed E-state index contributed by atoms with van der Waals surface area (Å²) in [6, 6.07) is 0. The van der Waals surface area contributed by atoms with E-state index in [-0.39, 0.29) is 19.5 Å².